The number of ether oxygens (including phenoxy) is 3. The summed E-state index contributed by atoms with van der Waals surface area (Å²) in [4.78, 5) is 29.9. The first-order valence-corrected chi connectivity index (χ1v) is 17.2. The molecule has 0 atom stereocenters. The second kappa shape index (κ2) is 18.7. The summed E-state index contributed by atoms with van der Waals surface area (Å²) >= 11 is 0. The average molecular weight is 669 g/mol. The summed E-state index contributed by atoms with van der Waals surface area (Å²) in [5, 5.41) is 3.31. The molecule has 7 heteroatoms. The summed E-state index contributed by atoms with van der Waals surface area (Å²) in [7, 11) is 0. The Kier molecular flexibility index (Phi) is 13.4. The zero-order chi connectivity index (χ0) is 35.0. The number of aryl methyl sites for hydroxylation is 1. The number of nitrogens with zero attached hydrogens (tertiary/aromatic N) is 1. The van der Waals surface area contributed by atoms with Gasteiger partial charge >= 0.3 is 11.9 Å². The van der Waals surface area contributed by atoms with E-state index >= 15 is 0 Å². The summed E-state index contributed by atoms with van der Waals surface area (Å²) in [6.07, 6.45) is 9.19. The van der Waals surface area contributed by atoms with Crippen LogP contribution in [-0.2, 0) is 11.3 Å². The molecule has 0 aliphatic carbocycles. The van der Waals surface area contributed by atoms with Gasteiger partial charge in [0.25, 0.3) is 0 Å². The second-order valence-electron chi connectivity index (χ2n) is 12.2. The standard InChI is InChI=1S/C43H44N2O5/c1-3-4-5-6-7-8-29-48-40-27-23-37(24-28-40)44-30-33-11-15-35(16-12-33)42(46)49-31-34-13-25-41(26-14-34)50-43(47)36-17-21-39(22-18-36)45-38-19-9-32(2)10-20-38/h9-28,30,45H,3-8,29,31H2,1-2H3/b44-30+. The number of nitrogens with one attached hydrogen (secondary N) is 1. The van der Waals surface area contributed by atoms with Gasteiger partial charge in [0.1, 0.15) is 18.1 Å². The highest BCUT2D eigenvalue weighted by molar-refractivity contribution is 5.92. The lowest BCUT2D eigenvalue weighted by molar-refractivity contribution is 0.0472. The van der Waals surface area contributed by atoms with E-state index in [2.05, 4.69) is 17.2 Å². The van der Waals surface area contributed by atoms with E-state index in [-0.39, 0.29) is 6.61 Å². The molecular formula is C43H44N2O5. The molecule has 0 fully saturated rings. The molecule has 5 aromatic rings. The number of carbonyl (C=O) groups is 2. The zero-order valence-corrected chi connectivity index (χ0v) is 28.8. The molecule has 0 saturated heterocycles. The Balaban J connectivity index is 1.02. The minimum atomic E-state index is -0.457. The number of benzene rings is 5. The van der Waals surface area contributed by atoms with E-state index in [1.54, 1.807) is 54.7 Å². The maximum atomic E-state index is 12.7. The minimum Gasteiger partial charge on any atom is -0.494 e. The van der Waals surface area contributed by atoms with Crippen LogP contribution in [0.5, 0.6) is 11.5 Å². The van der Waals surface area contributed by atoms with E-state index in [4.69, 9.17) is 14.2 Å². The van der Waals surface area contributed by atoms with E-state index in [9.17, 15) is 9.59 Å². The van der Waals surface area contributed by atoms with Crippen molar-refractivity contribution >= 4 is 35.2 Å². The van der Waals surface area contributed by atoms with Crippen LogP contribution in [0.15, 0.2) is 126 Å². The molecule has 0 radical (unpaired) electrons. The molecule has 0 heterocycles. The molecule has 256 valence electrons. The topological polar surface area (TPSA) is 86.2 Å². The molecule has 0 aliphatic heterocycles. The van der Waals surface area contributed by atoms with E-state index in [0.717, 1.165) is 47.0 Å². The number of hydrogen-bond donors (Lipinski definition) is 1. The third-order valence-electron chi connectivity index (χ3n) is 8.08. The summed E-state index contributed by atoms with van der Waals surface area (Å²) in [6.45, 7) is 5.09. The van der Waals surface area contributed by atoms with Gasteiger partial charge in [-0.3, -0.25) is 4.99 Å². The predicted molar refractivity (Wildman–Crippen MR) is 200 cm³/mol. The molecule has 0 unspecified atom stereocenters. The van der Waals surface area contributed by atoms with Crippen LogP contribution in [0.4, 0.5) is 17.1 Å². The van der Waals surface area contributed by atoms with Gasteiger partial charge in [0, 0.05) is 17.6 Å². The first-order chi connectivity index (χ1) is 24.4. The Labute approximate surface area is 295 Å². The summed E-state index contributed by atoms with van der Waals surface area (Å²) in [5.41, 5.74) is 6.37. The highest BCUT2D eigenvalue weighted by Crippen LogP contribution is 2.21. The number of aliphatic imine (C=N–C) groups is 1. The molecule has 5 rings (SSSR count). The molecule has 0 bridgehead atoms. The van der Waals surface area contributed by atoms with Crippen molar-refractivity contribution in [3.8, 4) is 11.5 Å². The molecule has 5 aromatic carbocycles. The van der Waals surface area contributed by atoms with Crippen LogP contribution in [-0.4, -0.2) is 24.8 Å². The second-order valence-corrected chi connectivity index (χ2v) is 12.2. The van der Waals surface area contributed by atoms with Gasteiger partial charge in [-0.2, -0.15) is 0 Å². The monoisotopic (exact) mass is 668 g/mol. The third-order valence-corrected chi connectivity index (χ3v) is 8.08. The lowest BCUT2D eigenvalue weighted by atomic mass is 10.1. The van der Waals surface area contributed by atoms with Gasteiger partial charge in [0.15, 0.2) is 0 Å². The number of rotatable bonds is 17. The van der Waals surface area contributed by atoms with Crippen LogP contribution in [0.2, 0.25) is 0 Å². The normalized spacial score (nSPS) is 10.9. The van der Waals surface area contributed by atoms with Crippen molar-refractivity contribution in [2.45, 2.75) is 59.0 Å². The van der Waals surface area contributed by atoms with Gasteiger partial charge in [0.05, 0.1) is 23.4 Å². The smallest absolute Gasteiger partial charge is 0.343 e. The summed E-state index contributed by atoms with van der Waals surface area (Å²) in [5.74, 6) is 0.364. The van der Waals surface area contributed by atoms with Crippen molar-refractivity contribution in [2.75, 3.05) is 11.9 Å². The Morgan fingerprint density at radius 2 is 1.22 bits per heavy atom. The molecular weight excluding hydrogens is 624 g/mol. The van der Waals surface area contributed by atoms with Gasteiger partial charge in [0.2, 0.25) is 0 Å². The van der Waals surface area contributed by atoms with Crippen LogP contribution < -0.4 is 14.8 Å². The predicted octanol–water partition coefficient (Wildman–Crippen LogP) is 10.8. The molecule has 0 aromatic heterocycles. The highest BCUT2D eigenvalue weighted by atomic mass is 16.5. The minimum absolute atomic E-state index is 0.0877. The van der Waals surface area contributed by atoms with Gasteiger partial charge in [-0.15, -0.1) is 0 Å². The largest absolute Gasteiger partial charge is 0.494 e. The van der Waals surface area contributed by atoms with Crippen LogP contribution in [0.3, 0.4) is 0 Å². The van der Waals surface area contributed by atoms with Gasteiger partial charge in [-0.1, -0.05) is 81.0 Å². The molecule has 7 nitrogen and oxygen atoms in total. The zero-order valence-electron chi connectivity index (χ0n) is 28.8. The lowest BCUT2D eigenvalue weighted by Gasteiger charge is -2.09. The van der Waals surface area contributed by atoms with Gasteiger partial charge in [-0.05, 0) is 109 Å². The number of carbonyl (C=O) groups excluding carboxylic acids is 2. The number of hydrogen-bond acceptors (Lipinski definition) is 7. The SMILES string of the molecule is CCCCCCCCOc1ccc(/N=C/c2ccc(C(=O)OCc3ccc(OC(=O)c4ccc(Nc5ccc(C)cc5)cc4)cc3)cc2)cc1. The van der Waals surface area contributed by atoms with Crippen molar-refractivity contribution in [1.82, 2.24) is 0 Å². The quantitative estimate of drug-likeness (QED) is 0.0459. The first-order valence-electron chi connectivity index (χ1n) is 17.2. The maximum Gasteiger partial charge on any atom is 0.343 e. The van der Waals surface area contributed by atoms with E-state index < -0.39 is 11.9 Å². The van der Waals surface area contributed by atoms with Gasteiger partial charge < -0.3 is 19.5 Å². The molecule has 0 aliphatic rings. The van der Waals surface area contributed by atoms with Crippen LogP contribution in [0, 0.1) is 6.92 Å². The van der Waals surface area contributed by atoms with Crippen molar-refractivity contribution in [3.05, 3.63) is 149 Å². The molecule has 0 spiro atoms. The van der Waals surface area contributed by atoms with E-state index in [1.165, 1.54) is 37.7 Å². The number of unbranched alkanes of at least 4 members (excludes halogenated alkanes) is 5. The molecule has 1 N–H and O–H groups in total. The lowest BCUT2D eigenvalue weighted by Crippen LogP contribution is -2.08. The van der Waals surface area contributed by atoms with E-state index in [1.807, 2.05) is 79.7 Å². The molecule has 0 amide bonds. The van der Waals surface area contributed by atoms with Crippen LogP contribution in [0.1, 0.15) is 82.9 Å². The average Bonchev–Trinajstić information content (AvgIpc) is 3.15. The van der Waals surface area contributed by atoms with Crippen molar-refractivity contribution in [2.24, 2.45) is 4.99 Å². The maximum absolute atomic E-state index is 12.7. The molecule has 50 heavy (non-hydrogen) atoms. The number of esters is 2. The van der Waals surface area contributed by atoms with Crippen LogP contribution >= 0.6 is 0 Å². The van der Waals surface area contributed by atoms with Crippen molar-refractivity contribution in [1.29, 1.82) is 0 Å². The first kappa shape index (κ1) is 35.6. The highest BCUT2D eigenvalue weighted by Gasteiger charge is 2.11. The fourth-order valence-electron chi connectivity index (χ4n) is 5.10. The Morgan fingerprint density at radius 1 is 0.640 bits per heavy atom. The summed E-state index contributed by atoms with van der Waals surface area (Å²) in [6, 6.07) is 36.9. The van der Waals surface area contributed by atoms with Gasteiger partial charge in [-0.25, -0.2) is 9.59 Å². The van der Waals surface area contributed by atoms with Crippen molar-refractivity contribution < 1.29 is 23.8 Å². The number of anilines is 2. The Bertz CT molecular complexity index is 1810. The van der Waals surface area contributed by atoms with Crippen LogP contribution in [0.25, 0.3) is 0 Å². The van der Waals surface area contributed by atoms with E-state index in [0.29, 0.717) is 16.9 Å². The fraction of sp³-hybridized carbons (Fsp3) is 0.233. The third kappa shape index (κ3) is 11.5. The Morgan fingerprint density at radius 3 is 1.90 bits per heavy atom. The van der Waals surface area contributed by atoms with Crippen molar-refractivity contribution in [3.63, 3.8) is 0 Å². The summed E-state index contributed by atoms with van der Waals surface area (Å²) < 4.78 is 16.9. The Hall–Kier alpha value is -5.69. The molecule has 0 saturated carbocycles. The fourth-order valence-corrected chi connectivity index (χ4v) is 5.10.